The van der Waals surface area contributed by atoms with Crippen LogP contribution in [0.5, 0.6) is 0 Å². The minimum atomic E-state index is -3.49. The molecule has 114 valence electrons. The van der Waals surface area contributed by atoms with Crippen molar-refractivity contribution < 1.29 is 8.42 Å². The predicted molar refractivity (Wildman–Crippen MR) is 84.9 cm³/mol. The van der Waals surface area contributed by atoms with Gasteiger partial charge < -0.3 is 5.32 Å². The number of nitrogens with one attached hydrogen (secondary N) is 2. The number of rotatable bonds is 7. The fourth-order valence-electron chi connectivity index (χ4n) is 2.08. The first kappa shape index (κ1) is 16.1. The van der Waals surface area contributed by atoms with Crippen LogP contribution in [0.4, 0.5) is 0 Å². The Morgan fingerprint density at radius 3 is 2.81 bits per heavy atom. The van der Waals surface area contributed by atoms with Crippen molar-refractivity contribution in [3.05, 3.63) is 45.9 Å². The monoisotopic (exact) mass is 325 g/mol. The molecular weight excluding hydrogens is 306 g/mol. The van der Waals surface area contributed by atoms with E-state index in [9.17, 15) is 8.42 Å². The number of hydrogen-bond donors (Lipinski definition) is 2. The molecule has 1 aromatic carbocycles. The lowest BCUT2D eigenvalue weighted by Gasteiger charge is -2.12. The zero-order chi connectivity index (χ0) is 15.3. The maximum absolute atomic E-state index is 12.4. The molecule has 0 bridgehead atoms. The molecule has 0 saturated heterocycles. The van der Waals surface area contributed by atoms with Gasteiger partial charge in [-0.1, -0.05) is 12.1 Å². The fraction of sp³-hybridized carbons (Fsp3) is 0.357. The highest BCUT2D eigenvalue weighted by Gasteiger charge is 2.17. The number of hydrogen-bond acceptors (Lipinski definition) is 5. The third-order valence-electron chi connectivity index (χ3n) is 3.17. The van der Waals surface area contributed by atoms with Crippen molar-refractivity contribution in [2.75, 3.05) is 13.6 Å². The van der Waals surface area contributed by atoms with Crippen molar-refractivity contribution in [2.24, 2.45) is 0 Å². The zero-order valence-electron chi connectivity index (χ0n) is 12.1. The molecule has 2 N–H and O–H groups in total. The summed E-state index contributed by atoms with van der Waals surface area (Å²) < 4.78 is 27.4. The second-order valence-electron chi connectivity index (χ2n) is 4.64. The van der Waals surface area contributed by atoms with E-state index in [-0.39, 0.29) is 0 Å². The number of aromatic nitrogens is 1. The molecule has 0 aliphatic heterocycles. The van der Waals surface area contributed by atoms with Gasteiger partial charge in [0.1, 0.15) is 0 Å². The molecule has 0 aliphatic carbocycles. The lowest BCUT2D eigenvalue weighted by Crippen LogP contribution is -2.27. The molecule has 0 radical (unpaired) electrons. The lowest BCUT2D eigenvalue weighted by molar-refractivity contribution is 0.580. The molecule has 2 rings (SSSR count). The first-order valence-electron chi connectivity index (χ1n) is 6.65. The van der Waals surface area contributed by atoms with Crippen molar-refractivity contribution in [1.29, 1.82) is 0 Å². The Morgan fingerprint density at radius 2 is 2.14 bits per heavy atom. The standard InChI is InChI=1S/C14H19N3O2S2/c1-11-12(10-15-2)4-3-5-13(11)21(18,19)17-7-6-14-16-8-9-20-14/h3-5,8-9,15,17H,6-7,10H2,1-2H3. The van der Waals surface area contributed by atoms with Crippen LogP contribution in [0.25, 0.3) is 0 Å². The summed E-state index contributed by atoms with van der Waals surface area (Å²) in [4.78, 5) is 4.48. The summed E-state index contributed by atoms with van der Waals surface area (Å²) >= 11 is 1.53. The van der Waals surface area contributed by atoms with Crippen molar-refractivity contribution in [2.45, 2.75) is 24.8 Å². The van der Waals surface area contributed by atoms with E-state index in [1.165, 1.54) is 11.3 Å². The lowest BCUT2D eigenvalue weighted by atomic mass is 10.1. The molecule has 0 unspecified atom stereocenters. The summed E-state index contributed by atoms with van der Waals surface area (Å²) in [5.74, 6) is 0. The van der Waals surface area contributed by atoms with Gasteiger partial charge in [0.05, 0.1) is 9.90 Å². The highest BCUT2D eigenvalue weighted by atomic mass is 32.2. The van der Waals surface area contributed by atoms with Crippen LogP contribution in [0.15, 0.2) is 34.7 Å². The van der Waals surface area contributed by atoms with Gasteiger partial charge in [-0.15, -0.1) is 11.3 Å². The molecule has 5 nitrogen and oxygen atoms in total. The molecule has 2 aromatic rings. The van der Waals surface area contributed by atoms with Gasteiger partial charge in [0.25, 0.3) is 0 Å². The summed E-state index contributed by atoms with van der Waals surface area (Å²) in [6.07, 6.45) is 2.33. The largest absolute Gasteiger partial charge is 0.316 e. The molecular formula is C14H19N3O2S2. The Morgan fingerprint density at radius 1 is 1.33 bits per heavy atom. The average molecular weight is 325 g/mol. The molecule has 0 spiro atoms. The maximum Gasteiger partial charge on any atom is 0.240 e. The van der Waals surface area contributed by atoms with Crippen LogP contribution in [-0.2, 0) is 23.0 Å². The molecule has 0 aliphatic rings. The Bertz CT molecular complexity index is 682. The van der Waals surface area contributed by atoms with Crippen LogP contribution >= 0.6 is 11.3 Å². The normalized spacial score (nSPS) is 11.7. The van der Waals surface area contributed by atoms with E-state index < -0.39 is 10.0 Å². The first-order chi connectivity index (χ1) is 10.0. The second-order valence-corrected chi connectivity index (χ2v) is 7.36. The molecule has 7 heteroatoms. The van der Waals surface area contributed by atoms with E-state index in [1.54, 1.807) is 18.3 Å². The minimum absolute atomic E-state index is 0.342. The van der Waals surface area contributed by atoms with Crippen LogP contribution in [0, 0.1) is 6.92 Å². The smallest absolute Gasteiger partial charge is 0.240 e. The number of nitrogens with zero attached hydrogens (tertiary/aromatic N) is 1. The molecule has 0 saturated carbocycles. The quantitative estimate of drug-likeness (QED) is 0.813. The van der Waals surface area contributed by atoms with E-state index in [1.807, 2.05) is 25.4 Å². The van der Waals surface area contributed by atoms with Gasteiger partial charge in [-0.2, -0.15) is 0 Å². The highest BCUT2D eigenvalue weighted by molar-refractivity contribution is 7.89. The second kappa shape index (κ2) is 7.13. The molecule has 0 amide bonds. The number of thiazole rings is 1. The fourth-order valence-corrected chi connectivity index (χ4v) is 4.02. The highest BCUT2D eigenvalue weighted by Crippen LogP contribution is 2.18. The summed E-state index contributed by atoms with van der Waals surface area (Å²) in [7, 11) is -1.65. The zero-order valence-corrected chi connectivity index (χ0v) is 13.7. The van der Waals surface area contributed by atoms with E-state index in [0.29, 0.717) is 24.4 Å². The van der Waals surface area contributed by atoms with Crippen molar-refractivity contribution >= 4 is 21.4 Å². The molecule has 0 fully saturated rings. The third-order valence-corrected chi connectivity index (χ3v) is 5.61. The number of sulfonamides is 1. The minimum Gasteiger partial charge on any atom is -0.316 e. The Labute approximate surface area is 129 Å². The SMILES string of the molecule is CNCc1cccc(S(=O)(=O)NCCc2nccs2)c1C. The summed E-state index contributed by atoms with van der Waals surface area (Å²) in [5, 5.41) is 5.86. The van der Waals surface area contributed by atoms with Gasteiger partial charge in [-0.25, -0.2) is 18.1 Å². The van der Waals surface area contributed by atoms with Crippen molar-refractivity contribution in [3.63, 3.8) is 0 Å². The van der Waals surface area contributed by atoms with Gasteiger partial charge in [0.15, 0.2) is 0 Å². The van der Waals surface area contributed by atoms with Gasteiger partial charge in [-0.05, 0) is 31.2 Å². The first-order valence-corrected chi connectivity index (χ1v) is 9.02. The van der Waals surface area contributed by atoms with Gasteiger partial charge >= 0.3 is 0 Å². The van der Waals surface area contributed by atoms with E-state index >= 15 is 0 Å². The number of benzene rings is 1. The van der Waals surface area contributed by atoms with Crippen LogP contribution in [0.3, 0.4) is 0 Å². The van der Waals surface area contributed by atoms with E-state index in [4.69, 9.17) is 0 Å². The molecule has 1 heterocycles. The topological polar surface area (TPSA) is 71.1 Å². The predicted octanol–water partition coefficient (Wildman–Crippen LogP) is 1.69. The molecule has 21 heavy (non-hydrogen) atoms. The molecule has 0 atom stereocenters. The van der Waals surface area contributed by atoms with Crippen LogP contribution in [0.2, 0.25) is 0 Å². The summed E-state index contributed by atoms with van der Waals surface area (Å²) in [6.45, 7) is 2.84. The van der Waals surface area contributed by atoms with Crippen molar-refractivity contribution in [1.82, 2.24) is 15.0 Å². The van der Waals surface area contributed by atoms with Crippen molar-refractivity contribution in [3.8, 4) is 0 Å². The van der Waals surface area contributed by atoms with Gasteiger partial charge in [0.2, 0.25) is 10.0 Å². The Balaban J connectivity index is 2.10. The Hall–Kier alpha value is -1.28. The van der Waals surface area contributed by atoms with Crippen LogP contribution in [-0.4, -0.2) is 27.0 Å². The third kappa shape index (κ3) is 4.10. The van der Waals surface area contributed by atoms with Crippen LogP contribution in [0.1, 0.15) is 16.1 Å². The average Bonchev–Trinajstić information content (AvgIpc) is 2.94. The Kier molecular flexibility index (Phi) is 5.46. The maximum atomic E-state index is 12.4. The van der Waals surface area contributed by atoms with E-state index in [2.05, 4.69) is 15.0 Å². The summed E-state index contributed by atoms with van der Waals surface area (Å²) in [6, 6.07) is 5.34. The van der Waals surface area contributed by atoms with Gasteiger partial charge in [-0.3, -0.25) is 0 Å². The summed E-state index contributed by atoms with van der Waals surface area (Å²) in [5.41, 5.74) is 1.77. The molecule has 1 aromatic heterocycles. The van der Waals surface area contributed by atoms with Gasteiger partial charge in [0, 0.05) is 31.1 Å². The van der Waals surface area contributed by atoms with E-state index in [0.717, 1.165) is 16.1 Å². The van der Waals surface area contributed by atoms with Crippen LogP contribution < -0.4 is 10.0 Å².